The van der Waals surface area contributed by atoms with E-state index in [4.69, 9.17) is 26.4 Å². The Morgan fingerprint density at radius 1 is 1.06 bits per heavy atom. The van der Waals surface area contributed by atoms with Gasteiger partial charge < -0.3 is 14.2 Å². The minimum Gasteiger partial charge on any atom is -0.497 e. The first kappa shape index (κ1) is 12.4. The molecule has 6 heteroatoms. The minimum absolute atomic E-state index is 0.333. The maximum absolute atomic E-state index is 5.64. The first-order valence-corrected chi connectivity index (χ1v) is 5.59. The first-order valence-electron chi connectivity index (χ1n) is 5.18. The van der Waals surface area contributed by atoms with Gasteiger partial charge in [0.15, 0.2) is 10.5 Å². The average Bonchev–Trinajstić information content (AvgIpc) is 2.40. The van der Waals surface area contributed by atoms with E-state index < -0.39 is 0 Å². The summed E-state index contributed by atoms with van der Waals surface area (Å²) in [7, 11) is 3.15. The van der Waals surface area contributed by atoms with Gasteiger partial charge in [0.25, 0.3) is 0 Å². The molecular weight excluding hydrogens is 252 g/mol. The molecule has 5 nitrogen and oxygen atoms in total. The summed E-state index contributed by atoms with van der Waals surface area (Å²) < 4.78 is 16.2. The Balaban J connectivity index is 2.27. The fourth-order valence-corrected chi connectivity index (χ4v) is 1.50. The summed E-state index contributed by atoms with van der Waals surface area (Å²) in [4.78, 5) is 6.74. The van der Waals surface area contributed by atoms with E-state index in [2.05, 4.69) is 9.97 Å². The van der Waals surface area contributed by atoms with E-state index in [1.807, 2.05) is 0 Å². The van der Waals surface area contributed by atoms with Gasteiger partial charge in [-0.1, -0.05) is 0 Å². The Labute approximate surface area is 109 Å². The Kier molecular flexibility index (Phi) is 3.78. The van der Waals surface area contributed by atoms with Gasteiger partial charge in [0.1, 0.15) is 11.5 Å². The lowest BCUT2D eigenvalue weighted by molar-refractivity contribution is 0.366. The SMILES string of the molecule is COc1ccc(Oc2[nH]c(=S)ncc2OC)cc1. The fourth-order valence-electron chi connectivity index (χ4n) is 1.35. The Hall–Kier alpha value is -2.08. The van der Waals surface area contributed by atoms with E-state index in [0.29, 0.717) is 22.2 Å². The normalized spacial score (nSPS) is 9.89. The van der Waals surface area contributed by atoms with Crippen molar-refractivity contribution in [2.24, 2.45) is 0 Å². The third kappa shape index (κ3) is 2.78. The zero-order valence-corrected chi connectivity index (χ0v) is 10.8. The summed E-state index contributed by atoms with van der Waals surface area (Å²) in [6.07, 6.45) is 1.51. The Bertz CT molecular complexity index is 581. The highest BCUT2D eigenvalue weighted by Gasteiger charge is 2.06. The lowest BCUT2D eigenvalue weighted by Gasteiger charge is -2.09. The van der Waals surface area contributed by atoms with Crippen molar-refractivity contribution in [3.8, 4) is 23.1 Å². The number of nitrogens with zero attached hydrogens (tertiary/aromatic N) is 1. The maximum atomic E-state index is 5.64. The van der Waals surface area contributed by atoms with Crippen molar-refractivity contribution in [1.82, 2.24) is 9.97 Å². The second kappa shape index (κ2) is 5.50. The van der Waals surface area contributed by atoms with Crippen molar-refractivity contribution < 1.29 is 14.2 Å². The zero-order valence-electron chi connectivity index (χ0n) is 9.97. The molecule has 0 amide bonds. The molecule has 2 aromatic rings. The lowest BCUT2D eigenvalue weighted by Crippen LogP contribution is -1.95. The van der Waals surface area contributed by atoms with Crippen LogP contribution in [0, 0.1) is 4.77 Å². The van der Waals surface area contributed by atoms with Crippen molar-refractivity contribution in [2.75, 3.05) is 14.2 Å². The third-order valence-electron chi connectivity index (χ3n) is 2.24. The molecule has 1 heterocycles. The maximum Gasteiger partial charge on any atom is 0.243 e. The molecule has 1 N–H and O–H groups in total. The van der Waals surface area contributed by atoms with E-state index >= 15 is 0 Å². The van der Waals surface area contributed by atoms with Crippen molar-refractivity contribution >= 4 is 12.2 Å². The summed E-state index contributed by atoms with van der Waals surface area (Å²) in [6.45, 7) is 0. The van der Waals surface area contributed by atoms with Crippen LogP contribution in [0.2, 0.25) is 0 Å². The van der Waals surface area contributed by atoms with Gasteiger partial charge in [0.05, 0.1) is 20.4 Å². The van der Waals surface area contributed by atoms with Crippen LogP contribution in [0.3, 0.4) is 0 Å². The van der Waals surface area contributed by atoms with Gasteiger partial charge in [-0.15, -0.1) is 0 Å². The molecule has 0 atom stereocenters. The van der Waals surface area contributed by atoms with Crippen molar-refractivity contribution in [3.05, 3.63) is 35.2 Å². The van der Waals surface area contributed by atoms with Gasteiger partial charge >= 0.3 is 0 Å². The molecule has 0 radical (unpaired) electrons. The smallest absolute Gasteiger partial charge is 0.243 e. The van der Waals surface area contributed by atoms with E-state index in [0.717, 1.165) is 5.75 Å². The first-order chi connectivity index (χ1) is 8.72. The van der Waals surface area contributed by atoms with Gasteiger partial charge in [0.2, 0.25) is 5.88 Å². The van der Waals surface area contributed by atoms with Crippen LogP contribution >= 0.6 is 12.2 Å². The van der Waals surface area contributed by atoms with E-state index in [-0.39, 0.29) is 0 Å². The number of aromatic amines is 1. The van der Waals surface area contributed by atoms with Gasteiger partial charge in [-0.2, -0.15) is 0 Å². The molecule has 0 aliphatic heterocycles. The second-order valence-electron chi connectivity index (χ2n) is 3.36. The summed E-state index contributed by atoms with van der Waals surface area (Å²) in [5.74, 6) is 2.31. The lowest BCUT2D eigenvalue weighted by atomic mass is 10.3. The molecule has 0 saturated carbocycles. The van der Waals surface area contributed by atoms with Crippen molar-refractivity contribution in [1.29, 1.82) is 0 Å². The molecule has 18 heavy (non-hydrogen) atoms. The fraction of sp³-hybridized carbons (Fsp3) is 0.167. The van der Waals surface area contributed by atoms with Crippen LogP contribution in [-0.2, 0) is 0 Å². The third-order valence-corrected chi connectivity index (χ3v) is 2.45. The molecule has 0 aliphatic carbocycles. The molecule has 0 fully saturated rings. The highest BCUT2D eigenvalue weighted by molar-refractivity contribution is 7.71. The van der Waals surface area contributed by atoms with Crippen LogP contribution < -0.4 is 14.2 Å². The zero-order chi connectivity index (χ0) is 13.0. The number of ether oxygens (including phenoxy) is 3. The molecule has 0 saturated heterocycles. The molecule has 0 bridgehead atoms. The van der Waals surface area contributed by atoms with Gasteiger partial charge in [-0.05, 0) is 36.5 Å². The molecule has 0 spiro atoms. The molecule has 1 aromatic carbocycles. The number of methoxy groups -OCH3 is 2. The van der Waals surface area contributed by atoms with Crippen LogP contribution in [0.4, 0.5) is 0 Å². The summed E-state index contributed by atoms with van der Waals surface area (Å²) in [6, 6.07) is 7.18. The molecular formula is C12H12N2O3S. The van der Waals surface area contributed by atoms with E-state index in [1.165, 1.54) is 13.3 Å². The summed E-state index contributed by atoms with van der Waals surface area (Å²) in [5, 5.41) is 0. The van der Waals surface area contributed by atoms with Crippen LogP contribution in [0.1, 0.15) is 0 Å². The quantitative estimate of drug-likeness (QED) is 0.860. The number of hydrogen-bond donors (Lipinski definition) is 1. The van der Waals surface area contributed by atoms with E-state index in [1.54, 1.807) is 31.4 Å². The topological polar surface area (TPSA) is 56.4 Å². The van der Waals surface area contributed by atoms with Gasteiger partial charge in [-0.25, -0.2) is 4.98 Å². The van der Waals surface area contributed by atoms with Crippen LogP contribution in [0.5, 0.6) is 23.1 Å². The molecule has 0 unspecified atom stereocenters. The van der Waals surface area contributed by atoms with Gasteiger partial charge in [-0.3, -0.25) is 4.98 Å². The predicted octanol–water partition coefficient (Wildman–Crippen LogP) is 2.95. The van der Waals surface area contributed by atoms with Crippen molar-refractivity contribution in [3.63, 3.8) is 0 Å². The molecule has 94 valence electrons. The predicted molar refractivity (Wildman–Crippen MR) is 69.0 cm³/mol. The highest BCUT2D eigenvalue weighted by Crippen LogP contribution is 2.28. The van der Waals surface area contributed by atoms with Gasteiger partial charge in [0, 0.05) is 0 Å². The Morgan fingerprint density at radius 2 is 1.72 bits per heavy atom. The van der Waals surface area contributed by atoms with Crippen molar-refractivity contribution in [2.45, 2.75) is 0 Å². The number of nitrogens with one attached hydrogen (secondary N) is 1. The number of benzene rings is 1. The monoisotopic (exact) mass is 264 g/mol. The standard InChI is InChI=1S/C12H12N2O3S/c1-15-8-3-5-9(6-4-8)17-11-10(16-2)7-13-12(18)14-11/h3-7H,1-2H3,(H,13,14,18). The highest BCUT2D eigenvalue weighted by atomic mass is 32.1. The van der Waals surface area contributed by atoms with Crippen LogP contribution in [-0.4, -0.2) is 24.2 Å². The number of H-pyrrole nitrogens is 1. The molecule has 1 aromatic heterocycles. The summed E-state index contributed by atoms with van der Waals surface area (Å²) in [5.41, 5.74) is 0. The average molecular weight is 264 g/mol. The second-order valence-corrected chi connectivity index (χ2v) is 3.75. The minimum atomic E-state index is 0.333. The van der Waals surface area contributed by atoms with E-state index in [9.17, 15) is 0 Å². The molecule has 0 aliphatic rings. The largest absolute Gasteiger partial charge is 0.497 e. The number of rotatable bonds is 4. The summed E-state index contributed by atoms with van der Waals surface area (Å²) >= 11 is 4.94. The molecule has 2 rings (SSSR count). The number of hydrogen-bond acceptors (Lipinski definition) is 5. The Morgan fingerprint density at radius 3 is 2.33 bits per heavy atom. The van der Waals surface area contributed by atoms with Crippen LogP contribution in [0.15, 0.2) is 30.5 Å². The van der Waals surface area contributed by atoms with Crippen LogP contribution in [0.25, 0.3) is 0 Å². The number of aromatic nitrogens is 2.